The number of H-pyrrole nitrogens is 1. The molecule has 2 fully saturated rings. The Balaban J connectivity index is 1.74. The molecule has 3 atom stereocenters. The fraction of sp³-hybridized carbons (Fsp3) is 0.857. The van der Waals surface area contributed by atoms with Crippen molar-refractivity contribution in [2.75, 3.05) is 18.5 Å². The quantitative estimate of drug-likeness (QED) is 0.859. The summed E-state index contributed by atoms with van der Waals surface area (Å²) in [5.41, 5.74) is 0. The van der Waals surface area contributed by atoms with Gasteiger partial charge < -0.3 is 4.90 Å². The third kappa shape index (κ3) is 2.33. The monoisotopic (exact) mass is 280 g/mol. The summed E-state index contributed by atoms with van der Waals surface area (Å²) < 4.78 is 2.84. The third-order valence-corrected chi connectivity index (χ3v) is 5.22. The molecule has 2 saturated carbocycles. The van der Waals surface area contributed by atoms with E-state index in [4.69, 9.17) is 12.2 Å². The van der Waals surface area contributed by atoms with Crippen molar-refractivity contribution in [3.05, 3.63) is 4.77 Å². The lowest BCUT2D eigenvalue weighted by Gasteiger charge is -2.28. The SMILES string of the molecule is CC(C)n1c(N(C)CC2CC3CCC2C3)n[nH]c1=S. The second kappa shape index (κ2) is 4.93. The number of aromatic amines is 1. The Bertz CT molecular complexity index is 504. The number of hydrogen-bond acceptors (Lipinski definition) is 3. The molecule has 1 N–H and O–H groups in total. The maximum Gasteiger partial charge on any atom is 0.225 e. The van der Waals surface area contributed by atoms with E-state index in [1.165, 1.54) is 25.7 Å². The van der Waals surface area contributed by atoms with Crippen LogP contribution in [-0.4, -0.2) is 28.4 Å². The van der Waals surface area contributed by atoms with Crippen LogP contribution in [0.2, 0.25) is 0 Å². The van der Waals surface area contributed by atoms with Crippen LogP contribution < -0.4 is 4.90 Å². The van der Waals surface area contributed by atoms with Crippen LogP contribution in [0.4, 0.5) is 5.95 Å². The van der Waals surface area contributed by atoms with Crippen molar-refractivity contribution < 1.29 is 0 Å². The lowest BCUT2D eigenvalue weighted by molar-refractivity contribution is 0.335. The van der Waals surface area contributed by atoms with E-state index >= 15 is 0 Å². The maximum absolute atomic E-state index is 5.32. The van der Waals surface area contributed by atoms with Crippen LogP contribution in [-0.2, 0) is 0 Å². The van der Waals surface area contributed by atoms with E-state index in [1.807, 2.05) is 0 Å². The second-order valence-electron chi connectivity index (χ2n) is 6.61. The number of rotatable bonds is 4. The van der Waals surface area contributed by atoms with Gasteiger partial charge in [-0.2, -0.15) is 0 Å². The van der Waals surface area contributed by atoms with Crippen LogP contribution in [0.3, 0.4) is 0 Å². The van der Waals surface area contributed by atoms with Gasteiger partial charge in [-0.05, 0) is 63.1 Å². The highest BCUT2D eigenvalue weighted by Crippen LogP contribution is 2.48. The molecule has 2 aliphatic rings. The average molecular weight is 280 g/mol. The first-order valence-electron chi connectivity index (χ1n) is 7.44. The molecule has 1 aromatic rings. The van der Waals surface area contributed by atoms with E-state index in [1.54, 1.807) is 0 Å². The molecule has 0 saturated heterocycles. The van der Waals surface area contributed by atoms with Crippen LogP contribution in [0.1, 0.15) is 45.6 Å². The molecule has 1 heterocycles. The zero-order chi connectivity index (χ0) is 13.6. The van der Waals surface area contributed by atoms with E-state index in [9.17, 15) is 0 Å². The topological polar surface area (TPSA) is 36.9 Å². The highest BCUT2D eigenvalue weighted by molar-refractivity contribution is 7.71. The molecule has 3 rings (SSSR count). The van der Waals surface area contributed by atoms with Crippen molar-refractivity contribution in [3.63, 3.8) is 0 Å². The summed E-state index contributed by atoms with van der Waals surface area (Å²) >= 11 is 5.32. The lowest BCUT2D eigenvalue weighted by atomic mass is 9.88. The van der Waals surface area contributed by atoms with Gasteiger partial charge in [-0.15, -0.1) is 5.10 Å². The van der Waals surface area contributed by atoms with Gasteiger partial charge in [-0.3, -0.25) is 4.57 Å². The molecular weight excluding hydrogens is 256 g/mol. The van der Waals surface area contributed by atoms with Crippen molar-refractivity contribution in [3.8, 4) is 0 Å². The number of nitrogens with zero attached hydrogens (tertiary/aromatic N) is 3. The van der Waals surface area contributed by atoms with Crippen molar-refractivity contribution in [2.45, 2.75) is 45.6 Å². The van der Waals surface area contributed by atoms with Gasteiger partial charge >= 0.3 is 0 Å². The molecule has 3 unspecified atom stereocenters. The smallest absolute Gasteiger partial charge is 0.225 e. The number of nitrogens with one attached hydrogen (secondary N) is 1. The van der Waals surface area contributed by atoms with E-state index < -0.39 is 0 Å². The zero-order valence-corrected chi connectivity index (χ0v) is 12.9. The Kier molecular flexibility index (Phi) is 3.41. The minimum atomic E-state index is 0.351. The molecule has 2 bridgehead atoms. The first-order chi connectivity index (χ1) is 9.06. The van der Waals surface area contributed by atoms with E-state index in [0.717, 1.165) is 35.0 Å². The van der Waals surface area contributed by atoms with E-state index in [0.29, 0.717) is 6.04 Å². The largest absolute Gasteiger partial charge is 0.344 e. The van der Waals surface area contributed by atoms with Gasteiger partial charge in [0, 0.05) is 19.6 Å². The Morgan fingerprint density at radius 2 is 2.21 bits per heavy atom. The molecule has 0 radical (unpaired) electrons. The van der Waals surface area contributed by atoms with Gasteiger partial charge in [0.25, 0.3) is 0 Å². The maximum atomic E-state index is 5.32. The van der Waals surface area contributed by atoms with Crippen LogP contribution in [0, 0.1) is 22.5 Å². The fourth-order valence-electron chi connectivity index (χ4n) is 4.06. The minimum absolute atomic E-state index is 0.351. The summed E-state index contributed by atoms with van der Waals surface area (Å²) in [6.07, 6.45) is 5.80. The first kappa shape index (κ1) is 13.2. The second-order valence-corrected chi connectivity index (χ2v) is 6.99. The highest BCUT2D eigenvalue weighted by Gasteiger charge is 2.40. The highest BCUT2D eigenvalue weighted by atomic mass is 32.1. The summed E-state index contributed by atoms with van der Waals surface area (Å²) in [7, 11) is 2.15. The predicted octanol–water partition coefficient (Wildman–Crippen LogP) is 3.39. The van der Waals surface area contributed by atoms with Crippen LogP contribution in [0.25, 0.3) is 0 Å². The summed E-state index contributed by atoms with van der Waals surface area (Å²) in [5, 5.41) is 7.35. The van der Waals surface area contributed by atoms with Gasteiger partial charge in [-0.1, -0.05) is 6.42 Å². The molecule has 0 aliphatic heterocycles. The van der Waals surface area contributed by atoms with E-state index in [-0.39, 0.29) is 0 Å². The minimum Gasteiger partial charge on any atom is -0.344 e. The van der Waals surface area contributed by atoms with Crippen LogP contribution in [0.5, 0.6) is 0 Å². The van der Waals surface area contributed by atoms with Crippen molar-refractivity contribution >= 4 is 18.2 Å². The summed E-state index contributed by atoms with van der Waals surface area (Å²) in [6, 6.07) is 0.351. The van der Waals surface area contributed by atoms with Gasteiger partial charge in [-0.25, -0.2) is 5.10 Å². The van der Waals surface area contributed by atoms with Gasteiger partial charge in [0.05, 0.1) is 0 Å². The summed E-state index contributed by atoms with van der Waals surface area (Å²) in [6.45, 7) is 5.42. The molecule has 0 aromatic carbocycles. The van der Waals surface area contributed by atoms with Crippen molar-refractivity contribution in [1.82, 2.24) is 14.8 Å². The molecule has 19 heavy (non-hydrogen) atoms. The van der Waals surface area contributed by atoms with E-state index in [2.05, 4.69) is 40.6 Å². The molecule has 5 heteroatoms. The van der Waals surface area contributed by atoms with Crippen molar-refractivity contribution in [1.29, 1.82) is 0 Å². The third-order valence-electron chi connectivity index (χ3n) is 4.94. The number of aromatic nitrogens is 3. The Morgan fingerprint density at radius 3 is 2.79 bits per heavy atom. The first-order valence-corrected chi connectivity index (χ1v) is 7.85. The molecule has 2 aliphatic carbocycles. The summed E-state index contributed by atoms with van der Waals surface area (Å²) in [5.74, 6) is 3.81. The molecule has 0 amide bonds. The molecule has 4 nitrogen and oxygen atoms in total. The van der Waals surface area contributed by atoms with Crippen LogP contribution in [0.15, 0.2) is 0 Å². The average Bonchev–Trinajstić information content (AvgIpc) is 3.02. The fourth-order valence-corrected chi connectivity index (χ4v) is 4.40. The van der Waals surface area contributed by atoms with Gasteiger partial charge in [0.1, 0.15) is 0 Å². The van der Waals surface area contributed by atoms with Gasteiger partial charge in [0.15, 0.2) is 4.77 Å². The number of anilines is 1. The normalized spacial score (nSPS) is 29.4. The Morgan fingerprint density at radius 1 is 1.42 bits per heavy atom. The lowest BCUT2D eigenvalue weighted by Crippen LogP contribution is -2.30. The summed E-state index contributed by atoms with van der Waals surface area (Å²) in [4.78, 5) is 2.29. The Labute approximate surface area is 120 Å². The number of fused-ring (bicyclic) bond motifs is 2. The standard InChI is InChI=1S/C14H24N4S/c1-9(2)18-13(15-16-14(18)19)17(3)8-12-7-10-4-5-11(12)6-10/h9-12H,4-8H2,1-3H3,(H,16,19). The molecule has 0 spiro atoms. The molecular formula is C14H24N4S. The Hall–Kier alpha value is -0.840. The van der Waals surface area contributed by atoms with Crippen molar-refractivity contribution in [2.24, 2.45) is 17.8 Å². The molecule has 106 valence electrons. The number of hydrogen-bond donors (Lipinski definition) is 1. The predicted molar refractivity (Wildman–Crippen MR) is 80.0 cm³/mol. The zero-order valence-electron chi connectivity index (χ0n) is 12.1. The van der Waals surface area contributed by atoms with Gasteiger partial charge in [0.2, 0.25) is 5.95 Å². The van der Waals surface area contributed by atoms with Crippen LogP contribution >= 0.6 is 12.2 Å². The molecule has 1 aromatic heterocycles.